The summed E-state index contributed by atoms with van der Waals surface area (Å²) in [6.45, 7) is 4.89. The van der Waals surface area contributed by atoms with Gasteiger partial charge in [0.2, 0.25) is 0 Å². The largest absolute Gasteiger partial charge is 0.310 e. The molecule has 0 aliphatic heterocycles. The normalized spacial score (nSPS) is 25.1. The summed E-state index contributed by atoms with van der Waals surface area (Å²) in [6.07, 6.45) is 14.1. The molecule has 0 radical (unpaired) electrons. The van der Waals surface area contributed by atoms with E-state index in [1.54, 1.807) is 5.56 Å². The fraction of sp³-hybridized carbons (Fsp3) is 0.358. The highest BCUT2D eigenvalue weighted by molar-refractivity contribution is 6.05. The van der Waals surface area contributed by atoms with Crippen LogP contribution in [0.5, 0.6) is 0 Å². The van der Waals surface area contributed by atoms with E-state index in [2.05, 4.69) is 146 Å². The number of anilines is 3. The average molecular weight is 704 g/mol. The lowest BCUT2D eigenvalue weighted by molar-refractivity contribution is -0.00277. The SMILES string of the molecule is CC1(C)c2ccccc2-c2ccc(N(c3ccc(C4CCCCC4)cc3)c3ccc(C4C5CC6CC(C5)CC4C6)cc3)c(-c3cccc4ccccc34)c21. The number of rotatable bonds is 6. The van der Waals surface area contributed by atoms with Gasteiger partial charge in [-0.25, -0.2) is 0 Å². The van der Waals surface area contributed by atoms with E-state index in [0.29, 0.717) is 5.92 Å². The molecule has 0 atom stereocenters. The van der Waals surface area contributed by atoms with E-state index >= 15 is 0 Å². The molecule has 0 unspecified atom stereocenters. The maximum absolute atomic E-state index is 2.60. The van der Waals surface area contributed by atoms with Gasteiger partial charge >= 0.3 is 0 Å². The van der Waals surface area contributed by atoms with Crippen molar-refractivity contribution in [1.29, 1.82) is 0 Å². The first-order chi connectivity index (χ1) is 26.5. The number of benzene rings is 6. The number of fused-ring (bicyclic) bond motifs is 4. The minimum absolute atomic E-state index is 0.159. The minimum Gasteiger partial charge on any atom is -0.310 e. The van der Waals surface area contributed by atoms with Crippen LogP contribution in [-0.4, -0.2) is 0 Å². The second kappa shape index (κ2) is 12.7. The molecule has 12 rings (SSSR count). The molecule has 270 valence electrons. The summed E-state index contributed by atoms with van der Waals surface area (Å²) in [5.74, 6) is 5.19. The molecule has 6 aromatic rings. The molecule has 1 nitrogen and oxygen atoms in total. The van der Waals surface area contributed by atoms with Crippen LogP contribution in [0.25, 0.3) is 33.0 Å². The van der Waals surface area contributed by atoms with Gasteiger partial charge in [0.1, 0.15) is 0 Å². The van der Waals surface area contributed by atoms with Gasteiger partial charge in [-0.15, -0.1) is 0 Å². The Balaban J connectivity index is 1.11. The Kier molecular flexibility index (Phi) is 7.73. The Labute approximate surface area is 322 Å². The zero-order valence-corrected chi connectivity index (χ0v) is 32.1. The summed E-state index contributed by atoms with van der Waals surface area (Å²) in [4.78, 5) is 2.60. The van der Waals surface area contributed by atoms with E-state index in [1.165, 1.54) is 131 Å². The standard InChI is InChI=1S/C53H53N/c1-53(2)48-18-9-8-16-45(48)47-27-28-49(51(52(47)53)46-17-10-14-38-13-6-7-15-44(38)46)54(42-23-19-37(20-24-42)36-11-4-3-5-12-36)43-25-21-39(22-26-43)50-40-30-34-29-35(32-40)33-41(50)31-34/h6-10,13-28,34-36,40-41,50H,3-5,11-12,29-33H2,1-2H3. The maximum Gasteiger partial charge on any atom is 0.0543 e. The molecule has 0 spiro atoms. The van der Waals surface area contributed by atoms with Gasteiger partial charge in [-0.05, 0) is 161 Å². The zero-order valence-electron chi connectivity index (χ0n) is 32.1. The van der Waals surface area contributed by atoms with Crippen molar-refractivity contribution in [3.05, 3.63) is 150 Å². The van der Waals surface area contributed by atoms with Crippen LogP contribution in [0, 0.1) is 23.7 Å². The number of nitrogens with zero attached hydrogens (tertiary/aromatic N) is 1. The molecule has 5 fully saturated rings. The molecular weight excluding hydrogens is 651 g/mol. The van der Waals surface area contributed by atoms with Crippen LogP contribution in [0.1, 0.15) is 112 Å². The van der Waals surface area contributed by atoms with Crippen molar-refractivity contribution in [1.82, 2.24) is 0 Å². The van der Waals surface area contributed by atoms with Crippen molar-refractivity contribution >= 4 is 27.8 Å². The molecule has 4 bridgehead atoms. The van der Waals surface area contributed by atoms with Crippen molar-refractivity contribution in [2.24, 2.45) is 23.7 Å². The molecule has 0 N–H and O–H groups in total. The van der Waals surface area contributed by atoms with Gasteiger partial charge in [-0.1, -0.05) is 130 Å². The Morgan fingerprint density at radius 3 is 1.85 bits per heavy atom. The van der Waals surface area contributed by atoms with Crippen LogP contribution in [-0.2, 0) is 5.41 Å². The summed E-state index contributed by atoms with van der Waals surface area (Å²) < 4.78 is 0. The van der Waals surface area contributed by atoms with Crippen LogP contribution in [0.2, 0.25) is 0 Å². The smallest absolute Gasteiger partial charge is 0.0543 e. The van der Waals surface area contributed by atoms with Crippen LogP contribution in [0.4, 0.5) is 17.1 Å². The van der Waals surface area contributed by atoms with Crippen LogP contribution >= 0.6 is 0 Å². The fourth-order valence-electron chi connectivity index (χ4n) is 12.8. The zero-order chi connectivity index (χ0) is 36.0. The number of hydrogen-bond acceptors (Lipinski definition) is 1. The summed E-state index contributed by atoms with van der Waals surface area (Å²) in [5.41, 5.74) is 15.0. The monoisotopic (exact) mass is 703 g/mol. The molecule has 6 aliphatic rings. The maximum atomic E-state index is 2.60. The first-order valence-electron chi connectivity index (χ1n) is 21.3. The second-order valence-corrected chi connectivity index (χ2v) is 18.4. The quantitative estimate of drug-likeness (QED) is 0.167. The highest BCUT2D eigenvalue weighted by Gasteiger charge is 2.48. The summed E-state index contributed by atoms with van der Waals surface area (Å²) in [7, 11) is 0. The van der Waals surface area contributed by atoms with Crippen LogP contribution in [0.15, 0.2) is 127 Å². The number of hydrogen-bond donors (Lipinski definition) is 0. The Morgan fingerprint density at radius 1 is 0.519 bits per heavy atom. The third-order valence-electron chi connectivity index (χ3n) is 15.0. The molecule has 6 aliphatic carbocycles. The molecule has 6 aromatic carbocycles. The fourth-order valence-corrected chi connectivity index (χ4v) is 12.8. The molecule has 54 heavy (non-hydrogen) atoms. The van der Waals surface area contributed by atoms with Gasteiger partial charge in [0, 0.05) is 22.4 Å². The highest BCUT2D eigenvalue weighted by Crippen LogP contribution is 2.60. The molecule has 0 saturated heterocycles. The molecule has 0 amide bonds. The minimum atomic E-state index is -0.159. The topological polar surface area (TPSA) is 3.24 Å². The lowest BCUT2D eigenvalue weighted by atomic mass is 9.51. The van der Waals surface area contributed by atoms with Crippen molar-refractivity contribution < 1.29 is 0 Å². The lowest BCUT2D eigenvalue weighted by Crippen LogP contribution is -2.43. The van der Waals surface area contributed by atoms with Gasteiger partial charge in [0.05, 0.1) is 5.69 Å². The van der Waals surface area contributed by atoms with Gasteiger partial charge in [-0.3, -0.25) is 0 Å². The third kappa shape index (κ3) is 5.17. The Hall–Kier alpha value is -4.62. The van der Waals surface area contributed by atoms with Crippen molar-refractivity contribution in [2.75, 3.05) is 4.90 Å². The summed E-state index contributed by atoms with van der Waals surface area (Å²) in [6, 6.07) is 49.6. The first-order valence-corrected chi connectivity index (χ1v) is 21.3. The van der Waals surface area contributed by atoms with E-state index < -0.39 is 0 Å². The van der Waals surface area contributed by atoms with Gasteiger partial charge < -0.3 is 4.90 Å². The third-order valence-corrected chi connectivity index (χ3v) is 15.0. The Morgan fingerprint density at radius 2 is 1.13 bits per heavy atom. The van der Waals surface area contributed by atoms with E-state index in [4.69, 9.17) is 0 Å². The van der Waals surface area contributed by atoms with Crippen LogP contribution < -0.4 is 4.90 Å². The second-order valence-electron chi connectivity index (χ2n) is 18.4. The predicted octanol–water partition coefficient (Wildman–Crippen LogP) is 14.9. The van der Waals surface area contributed by atoms with Gasteiger partial charge in [0.25, 0.3) is 0 Å². The molecule has 0 aromatic heterocycles. The van der Waals surface area contributed by atoms with Gasteiger partial charge in [0.15, 0.2) is 0 Å². The lowest BCUT2D eigenvalue weighted by Gasteiger charge is -2.54. The van der Waals surface area contributed by atoms with Crippen molar-refractivity contribution in [3.8, 4) is 22.3 Å². The average Bonchev–Trinajstić information content (AvgIpc) is 3.44. The Bertz CT molecular complexity index is 2320. The summed E-state index contributed by atoms with van der Waals surface area (Å²) in [5, 5.41) is 2.60. The van der Waals surface area contributed by atoms with Crippen LogP contribution in [0.3, 0.4) is 0 Å². The highest BCUT2D eigenvalue weighted by atomic mass is 15.1. The first kappa shape index (κ1) is 32.8. The van der Waals surface area contributed by atoms with Gasteiger partial charge in [-0.2, -0.15) is 0 Å². The molecule has 5 saturated carbocycles. The van der Waals surface area contributed by atoms with Crippen molar-refractivity contribution in [3.63, 3.8) is 0 Å². The molecule has 0 heterocycles. The molecular formula is C53H53N. The van der Waals surface area contributed by atoms with E-state index in [9.17, 15) is 0 Å². The van der Waals surface area contributed by atoms with E-state index in [-0.39, 0.29) is 5.41 Å². The van der Waals surface area contributed by atoms with E-state index in [1.807, 2.05) is 0 Å². The van der Waals surface area contributed by atoms with E-state index in [0.717, 1.165) is 29.6 Å². The molecule has 1 heteroatoms. The van der Waals surface area contributed by atoms with Crippen molar-refractivity contribution in [2.45, 2.75) is 95.3 Å². The summed E-state index contributed by atoms with van der Waals surface area (Å²) >= 11 is 0. The predicted molar refractivity (Wildman–Crippen MR) is 227 cm³/mol.